The van der Waals surface area contributed by atoms with Gasteiger partial charge in [0.25, 0.3) is 0 Å². The number of thioether (sulfide) groups is 1. The van der Waals surface area contributed by atoms with Crippen LogP contribution >= 0.6 is 39.0 Å². The van der Waals surface area contributed by atoms with Crippen molar-refractivity contribution in [2.75, 3.05) is 0 Å². The van der Waals surface area contributed by atoms with Crippen LogP contribution in [-0.2, 0) is 0 Å². The van der Waals surface area contributed by atoms with Crippen LogP contribution in [-0.4, -0.2) is 5.51 Å². The molecule has 0 aliphatic rings. The molecule has 0 nitrogen and oxygen atoms in total. The van der Waals surface area contributed by atoms with Gasteiger partial charge in [-0.3, -0.25) is 0 Å². The van der Waals surface area contributed by atoms with Crippen molar-refractivity contribution in [3.8, 4) is 0 Å². The van der Waals surface area contributed by atoms with Crippen LogP contribution < -0.4 is 0 Å². The molecule has 1 rings (SSSR count). The van der Waals surface area contributed by atoms with E-state index in [4.69, 9.17) is 0 Å². The minimum atomic E-state index is -4.18. The van der Waals surface area contributed by atoms with Crippen LogP contribution in [0.1, 0.15) is 0 Å². The highest BCUT2D eigenvalue weighted by molar-refractivity contribution is 9.11. The first-order chi connectivity index (χ1) is 4.97. The van der Waals surface area contributed by atoms with Gasteiger partial charge in [-0.05, 0) is 39.8 Å². The van der Waals surface area contributed by atoms with E-state index in [2.05, 4.69) is 15.9 Å². The molecule has 11 heavy (non-hydrogen) atoms. The Labute approximate surface area is 77.9 Å². The Bertz CT molecular complexity index is 242. The highest BCUT2D eigenvalue weighted by Crippen LogP contribution is 2.41. The number of thiophene rings is 1. The highest BCUT2D eigenvalue weighted by Gasteiger charge is 2.29. The van der Waals surface area contributed by atoms with E-state index in [0.717, 1.165) is 11.3 Å². The lowest BCUT2D eigenvalue weighted by molar-refractivity contribution is -0.0326. The number of hydrogen-bond donors (Lipinski definition) is 0. The molecule has 1 aromatic rings. The van der Waals surface area contributed by atoms with Crippen molar-refractivity contribution in [1.29, 1.82) is 0 Å². The van der Waals surface area contributed by atoms with Crippen LogP contribution in [0, 0.1) is 0 Å². The van der Waals surface area contributed by atoms with Gasteiger partial charge in [-0.25, -0.2) is 0 Å². The van der Waals surface area contributed by atoms with E-state index in [1.54, 1.807) is 6.07 Å². The molecule has 6 heteroatoms. The van der Waals surface area contributed by atoms with Crippen LogP contribution in [0.4, 0.5) is 13.2 Å². The molecule has 0 atom stereocenters. The molecule has 0 amide bonds. The van der Waals surface area contributed by atoms with Crippen LogP contribution in [0.5, 0.6) is 0 Å². The Morgan fingerprint density at radius 2 is 2.00 bits per heavy atom. The van der Waals surface area contributed by atoms with Crippen molar-refractivity contribution in [1.82, 2.24) is 0 Å². The second-order valence-corrected chi connectivity index (χ2v) is 5.43. The van der Waals surface area contributed by atoms with Crippen molar-refractivity contribution in [3.05, 3.63) is 15.9 Å². The van der Waals surface area contributed by atoms with Crippen molar-refractivity contribution in [3.63, 3.8) is 0 Å². The number of alkyl halides is 3. The number of hydrogen-bond acceptors (Lipinski definition) is 2. The van der Waals surface area contributed by atoms with Gasteiger partial charge >= 0.3 is 5.51 Å². The minimum Gasteiger partial charge on any atom is -0.160 e. The Balaban J connectivity index is 2.65. The fourth-order valence-corrected chi connectivity index (χ4v) is 2.99. The SMILES string of the molecule is FC(F)(F)Sc1ccc(Br)s1. The fourth-order valence-electron chi connectivity index (χ4n) is 0.467. The third-order valence-corrected chi connectivity index (χ3v) is 3.25. The normalized spacial score (nSPS) is 12.0. The van der Waals surface area contributed by atoms with E-state index in [-0.39, 0.29) is 16.0 Å². The average molecular weight is 263 g/mol. The van der Waals surface area contributed by atoms with E-state index in [0.29, 0.717) is 3.79 Å². The van der Waals surface area contributed by atoms with E-state index in [9.17, 15) is 13.2 Å². The van der Waals surface area contributed by atoms with Crippen molar-refractivity contribution < 1.29 is 13.2 Å². The monoisotopic (exact) mass is 262 g/mol. The maximum absolute atomic E-state index is 11.7. The smallest absolute Gasteiger partial charge is 0.160 e. The summed E-state index contributed by atoms with van der Waals surface area (Å²) in [7, 11) is 0. The van der Waals surface area contributed by atoms with Gasteiger partial charge in [0.05, 0.1) is 8.00 Å². The molecular weight excluding hydrogens is 261 g/mol. The summed E-state index contributed by atoms with van der Waals surface area (Å²) in [5.41, 5.74) is -4.18. The Hall–Kier alpha value is 0.320. The van der Waals surface area contributed by atoms with Gasteiger partial charge in [-0.2, -0.15) is 13.2 Å². The van der Waals surface area contributed by atoms with Gasteiger partial charge in [0.2, 0.25) is 0 Å². The molecule has 0 N–H and O–H groups in total. The van der Waals surface area contributed by atoms with Gasteiger partial charge in [0.15, 0.2) is 0 Å². The Morgan fingerprint density at radius 1 is 1.36 bits per heavy atom. The molecule has 62 valence electrons. The van der Waals surface area contributed by atoms with Crippen molar-refractivity contribution in [2.45, 2.75) is 9.72 Å². The molecule has 0 aromatic carbocycles. The number of halogens is 4. The molecule has 0 bridgehead atoms. The van der Waals surface area contributed by atoms with Crippen LogP contribution in [0.3, 0.4) is 0 Å². The van der Waals surface area contributed by atoms with Gasteiger partial charge in [-0.15, -0.1) is 11.3 Å². The largest absolute Gasteiger partial charge is 0.447 e. The average Bonchev–Trinajstić information content (AvgIpc) is 2.10. The summed E-state index contributed by atoms with van der Waals surface area (Å²) in [5.74, 6) is 0. The van der Waals surface area contributed by atoms with Crippen molar-refractivity contribution in [2.24, 2.45) is 0 Å². The summed E-state index contributed by atoms with van der Waals surface area (Å²) in [6.07, 6.45) is 0. The fraction of sp³-hybridized carbons (Fsp3) is 0.200. The van der Waals surface area contributed by atoms with Gasteiger partial charge in [0.1, 0.15) is 0 Å². The Morgan fingerprint density at radius 3 is 2.36 bits per heavy atom. The summed E-state index contributed by atoms with van der Waals surface area (Å²) < 4.78 is 36.1. The van der Waals surface area contributed by atoms with Crippen molar-refractivity contribution >= 4 is 39.0 Å². The lowest BCUT2D eigenvalue weighted by atomic mass is 10.7. The predicted octanol–water partition coefficient (Wildman–Crippen LogP) is 4.12. The van der Waals surface area contributed by atoms with E-state index in [1.165, 1.54) is 6.07 Å². The molecule has 0 spiro atoms. The zero-order valence-electron chi connectivity index (χ0n) is 4.98. The molecule has 0 fully saturated rings. The summed E-state index contributed by atoms with van der Waals surface area (Å²) in [6, 6.07) is 3.03. The van der Waals surface area contributed by atoms with Gasteiger partial charge < -0.3 is 0 Å². The molecule has 0 radical (unpaired) electrons. The van der Waals surface area contributed by atoms with E-state index < -0.39 is 5.51 Å². The summed E-state index contributed by atoms with van der Waals surface area (Å²) in [5, 5.41) is 0. The second kappa shape index (κ2) is 3.37. The van der Waals surface area contributed by atoms with Crippen LogP contribution in [0.2, 0.25) is 0 Å². The zero-order chi connectivity index (χ0) is 8.48. The van der Waals surface area contributed by atoms with Gasteiger partial charge in [-0.1, -0.05) is 0 Å². The lowest BCUT2D eigenvalue weighted by Gasteiger charge is -2.00. The summed E-state index contributed by atoms with van der Waals surface area (Å²) in [4.78, 5) is 0. The van der Waals surface area contributed by atoms with Crippen LogP contribution in [0.15, 0.2) is 20.1 Å². The molecule has 1 aromatic heterocycles. The molecule has 0 aliphatic carbocycles. The lowest BCUT2D eigenvalue weighted by Crippen LogP contribution is -1.97. The predicted molar refractivity (Wildman–Crippen MR) is 43.9 cm³/mol. The van der Waals surface area contributed by atoms with Gasteiger partial charge in [0, 0.05) is 0 Å². The highest BCUT2D eigenvalue weighted by atomic mass is 79.9. The minimum absolute atomic E-state index is 0.0899. The maximum atomic E-state index is 11.7. The first-order valence-electron chi connectivity index (χ1n) is 2.48. The van der Waals surface area contributed by atoms with E-state index >= 15 is 0 Å². The third kappa shape index (κ3) is 3.48. The molecule has 0 unspecified atom stereocenters. The number of rotatable bonds is 1. The first kappa shape index (κ1) is 9.41. The Kier molecular flexibility index (Phi) is 2.88. The van der Waals surface area contributed by atoms with E-state index in [1.807, 2.05) is 0 Å². The maximum Gasteiger partial charge on any atom is 0.447 e. The summed E-state index contributed by atoms with van der Waals surface area (Å²) >= 11 is 4.06. The molecule has 0 saturated carbocycles. The topological polar surface area (TPSA) is 0 Å². The molecular formula is C5H2BrF3S2. The summed E-state index contributed by atoms with van der Waals surface area (Å²) in [6.45, 7) is 0. The molecule has 0 aliphatic heterocycles. The molecule has 1 heterocycles. The standard InChI is InChI=1S/C5H2BrF3S2/c6-3-1-2-4(10-3)11-5(7,8)9/h1-2H. The molecule has 0 saturated heterocycles. The first-order valence-corrected chi connectivity index (χ1v) is 4.91. The van der Waals surface area contributed by atoms with Crippen LogP contribution in [0.25, 0.3) is 0 Å². The zero-order valence-corrected chi connectivity index (χ0v) is 8.20. The second-order valence-electron chi connectivity index (χ2n) is 1.61. The quantitative estimate of drug-likeness (QED) is 0.687. The third-order valence-electron chi connectivity index (χ3n) is 0.765.